The number of carboxylic acids is 1. The molecule has 1 aromatic carbocycles. The second kappa shape index (κ2) is 7.25. The second-order valence-corrected chi connectivity index (χ2v) is 6.05. The lowest BCUT2D eigenvalue weighted by Gasteiger charge is -2.06. The van der Waals surface area contributed by atoms with Gasteiger partial charge in [0.25, 0.3) is 0 Å². The van der Waals surface area contributed by atoms with Crippen LogP contribution in [0.4, 0.5) is 0 Å². The Hall–Kier alpha value is -1.40. The van der Waals surface area contributed by atoms with E-state index >= 15 is 0 Å². The fourth-order valence-electron chi connectivity index (χ4n) is 1.62. The predicted octanol–water partition coefficient (Wildman–Crippen LogP) is 2.24. The van der Waals surface area contributed by atoms with Gasteiger partial charge in [0.15, 0.2) is 0 Å². The summed E-state index contributed by atoms with van der Waals surface area (Å²) in [5, 5.41) is 8.74. The molecule has 1 rings (SSSR count). The Labute approximate surface area is 113 Å². The van der Waals surface area contributed by atoms with Crippen LogP contribution in [0.25, 0.3) is 0 Å². The molecule has 2 N–H and O–H groups in total. The first-order valence-corrected chi connectivity index (χ1v) is 7.78. The fourth-order valence-corrected chi connectivity index (χ4v) is 2.69. The van der Waals surface area contributed by atoms with Crippen LogP contribution in [0.15, 0.2) is 29.2 Å². The third-order valence-electron chi connectivity index (χ3n) is 2.73. The predicted molar refractivity (Wildman–Crippen MR) is 72.7 cm³/mol. The first kappa shape index (κ1) is 15.7. The van der Waals surface area contributed by atoms with Crippen molar-refractivity contribution in [1.82, 2.24) is 4.72 Å². The SMILES string of the molecule is CCCCCCNS(=O)(=O)c1ccc(C(=O)O)cc1. The molecule has 0 spiro atoms. The van der Waals surface area contributed by atoms with Gasteiger partial charge in [-0.05, 0) is 30.7 Å². The minimum Gasteiger partial charge on any atom is -0.478 e. The third-order valence-corrected chi connectivity index (χ3v) is 4.21. The normalized spacial score (nSPS) is 11.4. The lowest BCUT2D eigenvalue weighted by Crippen LogP contribution is -2.24. The Bertz CT molecular complexity index is 508. The van der Waals surface area contributed by atoms with E-state index in [2.05, 4.69) is 11.6 Å². The Kier molecular flexibility index (Phi) is 5.98. The van der Waals surface area contributed by atoms with Crippen molar-refractivity contribution in [3.63, 3.8) is 0 Å². The summed E-state index contributed by atoms with van der Waals surface area (Å²) in [6.45, 7) is 2.50. The number of nitrogens with one attached hydrogen (secondary N) is 1. The average Bonchev–Trinajstić information content (AvgIpc) is 2.38. The zero-order valence-corrected chi connectivity index (χ0v) is 11.7. The quantitative estimate of drug-likeness (QED) is 0.717. The van der Waals surface area contributed by atoms with E-state index < -0.39 is 16.0 Å². The molecule has 0 radical (unpaired) electrons. The smallest absolute Gasteiger partial charge is 0.335 e. The van der Waals surface area contributed by atoms with E-state index in [4.69, 9.17) is 5.11 Å². The van der Waals surface area contributed by atoms with Gasteiger partial charge in [0, 0.05) is 6.54 Å². The van der Waals surface area contributed by atoms with Crippen LogP contribution in [-0.2, 0) is 10.0 Å². The molecule has 0 bridgehead atoms. The Balaban J connectivity index is 2.59. The van der Waals surface area contributed by atoms with Crippen LogP contribution >= 0.6 is 0 Å². The molecule has 0 saturated heterocycles. The van der Waals surface area contributed by atoms with Gasteiger partial charge in [0.2, 0.25) is 10.0 Å². The number of carbonyl (C=O) groups is 1. The van der Waals surface area contributed by atoms with Crippen LogP contribution in [0.1, 0.15) is 43.0 Å². The largest absolute Gasteiger partial charge is 0.478 e. The van der Waals surface area contributed by atoms with Crippen molar-refractivity contribution < 1.29 is 18.3 Å². The number of hydrogen-bond donors (Lipinski definition) is 2. The van der Waals surface area contributed by atoms with E-state index in [9.17, 15) is 13.2 Å². The monoisotopic (exact) mass is 285 g/mol. The Morgan fingerprint density at radius 2 is 1.79 bits per heavy atom. The van der Waals surface area contributed by atoms with Gasteiger partial charge in [-0.15, -0.1) is 0 Å². The highest BCUT2D eigenvalue weighted by atomic mass is 32.2. The van der Waals surface area contributed by atoms with E-state index in [1.807, 2.05) is 0 Å². The van der Waals surface area contributed by atoms with Crippen molar-refractivity contribution in [1.29, 1.82) is 0 Å². The fraction of sp³-hybridized carbons (Fsp3) is 0.462. The summed E-state index contributed by atoms with van der Waals surface area (Å²) in [4.78, 5) is 10.8. The van der Waals surface area contributed by atoms with Crippen molar-refractivity contribution in [3.8, 4) is 0 Å². The molecule has 0 fully saturated rings. The molecule has 0 aromatic heterocycles. The minimum absolute atomic E-state index is 0.0712. The molecule has 106 valence electrons. The summed E-state index contributed by atoms with van der Waals surface area (Å²) in [6, 6.07) is 5.18. The maximum Gasteiger partial charge on any atom is 0.335 e. The van der Waals surface area contributed by atoms with Crippen molar-refractivity contribution in [3.05, 3.63) is 29.8 Å². The molecule has 0 saturated carbocycles. The van der Waals surface area contributed by atoms with Gasteiger partial charge in [0.1, 0.15) is 0 Å². The van der Waals surface area contributed by atoms with Crippen LogP contribution in [0.2, 0.25) is 0 Å². The molecule has 0 aliphatic heterocycles. The molecule has 0 heterocycles. The molecule has 0 atom stereocenters. The van der Waals surface area contributed by atoms with Crippen molar-refractivity contribution in [2.75, 3.05) is 6.54 Å². The topological polar surface area (TPSA) is 83.5 Å². The van der Waals surface area contributed by atoms with E-state index in [0.29, 0.717) is 6.54 Å². The van der Waals surface area contributed by atoms with E-state index in [0.717, 1.165) is 25.7 Å². The summed E-state index contributed by atoms with van der Waals surface area (Å²) >= 11 is 0. The molecule has 0 unspecified atom stereocenters. The molecule has 19 heavy (non-hydrogen) atoms. The van der Waals surface area contributed by atoms with Gasteiger partial charge < -0.3 is 5.11 Å². The van der Waals surface area contributed by atoms with Crippen molar-refractivity contribution >= 4 is 16.0 Å². The molecule has 0 amide bonds. The molecule has 1 aromatic rings. The van der Waals surface area contributed by atoms with Crippen LogP contribution in [0.3, 0.4) is 0 Å². The van der Waals surface area contributed by atoms with E-state index in [1.165, 1.54) is 24.3 Å². The summed E-state index contributed by atoms with van der Waals surface area (Å²) in [5.74, 6) is -1.07. The van der Waals surface area contributed by atoms with Crippen LogP contribution in [-0.4, -0.2) is 26.0 Å². The molecular weight excluding hydrogens is 266 g/mol. The van der Waals surface area contributed by atoms with Crippen LogP contribution in [0.5, 0.6) is 0 Å². The zero-order valence-electron chi connectivity index (χ0n) is 10.9. The van der Waals surface area contributed by atoms with Gasteiger partial charge >= 0.3 is 5.97 Å². The summed E-state index contributed by atoms with van der Waals surface area (Å²) < 4.78 is 26.3. The average molecular weight is 285 g/mol. The number of hydrogen-bond acceptors (Lipinski definition) is 3. The highest BCUT2D eigenvalue weighted by molar-refractivity contribution is 7.89. The minimum atomic E-state index is -3.53. The molecule has 0 aliphatic rings. The number of carboxylic acid groups (broad SMARTS) is 1. The Morgan fingerprint density at radius 3 is 2.32 bits per heavy atom. The zero-order chi connectivity index (χ0) is 14.3. The maximum absolute atomic E-state index is 11.9. The molecule has 5 nitrogen and oxygen atoms in total. The van der Waals surface area contributed by atoms with Crippen molar-refractivity contribution in [2.45, 2.75) is 37.5 Å². The van der Waals surface area contributed by atoms with Gasteiger partial charge in [-0.1, -0.05) is 26.2 Å². The Morgan fingerprint density at radius 1 is 1.16 bits per heavy atom. The molecule has 6 heteroatoms. The molecular formula is C13H19NO4S. The lowest BCUT2D eigenvalue weighted by atomic mass is 10.2. The second-order valence-electron chi connectivity index (χ2n) is 4.29. The van der Waals surface area contributed by atoms with Gasteiger partial charge in [-0.3, -0.25) is 0 Å². The van der Waals surface area contributed by atoms with Crippen molar-refractivity contribution in [2.24, 2.45) is 0 Å². The number of rotatable bonds is 8. The van der Waals surface area contributed by atoms with Crippen LogP contribution < -0.4 is 4.72 Å². The van der Waals surface area contributed by atoms with E-state index in [-0.39, 0.29) is 10.5 Å². The number of benzene rings is 1. The van der Waals surface area contributed by atoms with Gasteiger partial charge in [-0.2, -0.15) is 0 Å². The van der Waals surface area contributed by atoms with Gasteiger partial charge in [0.05, 0.1) is 10.5 Å². The summed E-state index contributed by atoms with van der Waals surface area (Å²) in [7, 11) is -3.53. The number of aromatic carboxylic acids is 1. The highest BCUT2D eigenvalue weighted by Gasteiger charge is 2.13. The lowest BCUT2D eigenvalue weighted by molar-refractivity contribution is 0.0696. The number of unbranched alkanes of at least 4 members (excludes halogenated alkanes) is 3. The summed E-state index contributed by atoms with van der Waals surface area (Å²) in [5.41, 5.74) is 0.0712. The van der Waals surface area contributed by atoms with Gasteiger partial charge in [-0.25, -0.2) is 17.9 Å². The highest BCUT2D eigenvalue weighted by Crippen LogP contribution is 2.10. The first-order valence-electron chi connectivity index (χ1n) is 6.30. The van der Waals surface area contributed by atoms with Crippen LogP contribution in [0, 0.1) is 0 Å². The first-order chi connectivity index (χ1) is 8.97. The standard InChI is InChI=1S/C13H19NO4S/c1-2-3-4-5-10-14-19(17,18)12-8-6-11(7-9-12)13(15)16/h6-9,14H,2-5,10H2,1H3,(H,15,16). The molecule has 0 aliphatic carbocycles. The van der Waals surface area contributed by atoms with E-state index in [1.54, 1.807) is 0 Å². The summed E-state index contributed by atoms with van der Waals surface area (Å²) in [6.07, 6.45) is 4.00. The number of sulfonamides is 1. The maximum atomic E-state index is 11.9. The third kappa shape index (κ3) is 5.00.